The molecule has 0 heterocycles. The maximum atomic E-state index is 8.00. The fourth-order valence-electron chi connectivity index (χ4n) is 5.00. The smallest absolute Gasteiger partial charge is 0.106 e. The van der Waals surface area contributed by atoms with E-state index in [1.165, 1.54) is 56.9 Å². The molecule has 0 bridgehead atoms. The lowest BCUT2D eigenvalue weighted by Gasteiger charge is -2.43. The van der Waals surface area contributed by atoms with Crippen molar-refractivity contribution in [3.8, 4) is 0 Å². The third-order valence-electron chi connectivity index (χ3n) is 6.97. The SMILES string of the molecule is C.C=C/C=C\C(=C/C=C)C1CCC(CCC(C)C)CC1(C)C.C=O.C[C@H]1CC1CCCN.O. The van der Waals surface area contributed by atoms with E-state index in [1.807, 2.05) is 18.9 Å². The van der Waals surface area contributed by atoms with Gasteiger partial charge < -0.3 is 16.0 Å². The van der Waals surface area contributed by atoms with Gasteiger partial charge in [-0.05, 0) is 85.6 Å². The van der Waals surface area contributed by atoms with Crippen molar-refractivity contribution in [1.82, 2.24) is 0 Å². The van der Waals surface area contributed by atoms with E-state index in [1.54, 1.807) is 0 Å². The number of rotatable bonds is 10. The van der Waals surface area contributed by atoms with Crippen LogP contribution in [0.2, 0.25) is 0 Å². The van der Waals surface area contributed by atoms with E-state index in [9.17, 15) is 0 Å². The summed E-state index contributed by atoms with van der Waals surface area (Å²) in [5, 5.41) is 0. The molecule has 0 aromatic carbocycles. The largest absolute Gasteiger partial charge is 0.412 e. The van der Waals surface area contributed by atoms with Crippen molar-refractivity contribution in [3.63, 3.8) is 0 Å². The fourth-order valence-corrected chi connectivity index (χ4v) is 5.00. The Bertz CT molecular complexity index is 562. The van der Waals surface area contributed by atoms with Gasteiger partial charge in [0.25, 0.3) is 0 Å². The minimum Gasteiger partial charge on any atom is -0.412 e. The molecular formula is C30H57NO2. The van der Waals surface area contributed by atoms with E-state index in [2.05, 4.69) is 66.0 Å². The van der Waals surface area contributed by atoms with E-state index in [0.29, 0.717) is 11.3 Å². The van der Waals surface area contributed by atoms with Gasteiger partial charge in [-0.15, -0.1) is 0 Å². The summed E-state index contributed by atoms with van der Waals surface area (Å²) in [7, 11) is 0. The normalized spacial score (nSPS) is 25.4. The van der Waals surface area contributed by atoms with Gasteiger partial charge in [-0.3, -0.25) is 0 Å². The van der Waals surface area contributed by atoms with Crippen LogP contribution in [-0.4, -0.2) is 18.8 Å². The van der Waals surface area contributed by atoms with Crippen molar-refractivity contribution in [3.05, 3.63) is 49.1 Å². The molecule has 0 amide bonds. The maximum absolute atomic E-state index is 8.00. The second kappa shape index (κ2) is 20.0. The van der Waals surface area contributed by atoms with E-state index < -0.39 is 0 Å². The molecule has 3 heteroatoms. The van der Waals surface area contributed by atoms with Gasteiger partial charge in [-0.2, -0.15) is 0 Å². The molecule has 0 spiro atoms. The van der Waals surface area contributed by atoms with Crippen LogP contribution in [0.25, 0.3) is 0 Å². The number of hydrogen-bond donors (Lipinski definition) is 1. The van der Waals surface area contributed by atoms with Crippen LogP contribution < -0.4 is 5.73 Å². The van der Waals surface area contributed by atoms with Crippen molar-refractivity contribution in [1.29, 1.82) is 0 Å². The highest BCUT2D eigenvalue weighted by Crippen LogP contribution is 2.48. The Morgan fingerprint density at radius 2 is 1.73 bits per heavy atom. The molecule has 2 aliphatic rings. The van der Waals surface area contributed by atoms with Gasteiger partial charge in [0, 0.05) is 0 Å². The first-order valence-electron chi connectivity index (χ1n) is 12.4. The van der Waals surface area contributed by atoms with Crippen molar-refractivity contribution in [2.24, 2.45) is 40.7 Å². The Morgan fingerprint density at radius 3 is 2.15 bits per heavy atom. The lowest BCUT2D eigenvalue weighted by atomic mass is 9.61. The molecule has 2 fully saturated rings. The van der Waals surface area contributed by atoms with Gasteiger partial charge in [-0.25, -0.2) is 0 Å². The van der Waals surface area contributed by atoms with Crippen molar-refractivity contribution in [2.45, 2.75) is 93.4 Å². The maximum Gasteiger partial charge on any atom is 0.106 e. The van der Waals surface area contributed by atoms with Crippen LogP contribution in [0.1, 0.15) is 93.4 Å². The van der Waals surface area contributed by atoms with Crippen LogP contribution in [0.3, 0.4) is 0 Å². The lowest BCUT2D eigenvalue weighted by Crippen LogP contribution is -2.33. The molecule has 0 aromatic rings. The van der Waals surface area contributed by atoms with E-state index >= 15 is 0 Å². The minimum atomic E-state index is 0. The second-order valence-electron chi connectivity index (χ2n) is 10.6. The van der Waals surface area contributed by atoms with Gasteiger partial charge in [0.1, 0.15) is 6.79 Å². The van der Waals surface area contributed by atoms with E-state index in [-0.39, 0.29) is 12.9 Å². The topological polar surface area (TPSA) is 74.6 Å². The molecule has 2 rings (SSSR count). The Hall–Kier alpha value is -1.45. The number of hydrogen-bond acceptors (Lipinski definition) is 2. The molecule has 33 heavy (non-hydrogen) atoms. The van der Waals surface area contributed by atoms with Crippen LogP contribution in [0.15, 0.2) is 49.1 Å². The Balaban J connectivity index is -0.000000631. The first-order valence-corrected chi connectivity index (χ1v) is 12.4. The highest BCUT2D eigenvalue weighted by atomic mass is 16.1. The number of carbonyl (C=O) groups excluding carboxylic acids is 1. The zero-order valence-electron chi connectivity index (χ0n) is 21.7. The average Bonchev–Trinajstić information content (AvgIpc) is 3.44. The summed E-state index contributed by atoms with van der Waals surface area (Å²) in [6.07, 6.45) is 21.1. The zero-order valence-corrected chi connectivity index (χ0v) is 21.7. The molecule has 0 aliphatic heterocycles. The average molecular weight is 464 g/mol. The zero-order chi connectivity index (χ0) is 23.9. The van der Waals surface area contributed by atoms with Gasteiger partial charge in [0.2, 0.25) is 0 Å². The Kier molecular flexibility index (Phi) is 21.9. The quantitative estimate of drug-likeness (QED) is 0.336. The molecule has 0 saturated heterocycles. The molecule has 0 radical (unpaired) electrons. The van der Waals surface area contributed by atoms with Gasteiger partial charge in [0.15, 0.2) is 0 Å². The van der Waals surface area contributed by atoms with Crippen molar-refractivity contribution in [2.75, 3.05) is 6.54 Å². The van der Waals surface area contributed by atoms with Crippen LogP contribution in [0.4, 0.5) is 0 Å². The van der Waals surface area contributed by atoms with E-state index in [0.717, 1.165) is 30.2 Å². The monoisotopic (exact) mass is 463 g/mol. The summed E-state index contributed by atoms with van der Waals surface area (Å²) < 4.78 is 0. The van der Waals surface area contributed by atoms with Crippen LogP contribution in [0, 0.1) is 35.0 Å². The first-order chi connectivity index (χ1) is 14.7. The summed E-state index contributed by atoms with van der Waals surface area (Å²) in [5.74, 6) is 4.44. The third kappa shape index (κ3) is 15.1. The molecule has 2 aliphatic carbocycles. The molecule has 0 aromatic heterocycles. The summed E-state index contributed by atoms with van der Waals surface area (Å²) in [5.41, 5.74) is 7.14. The number of carbonyl (C=O) groups is 1. The van der Waals surface area contributed by atoms with Crippen LogP contribution in [0.5, 0.6) is 0 Å². The number of nitrogens with two attached hydrogens (primary N) is 1. The lowest BCUT2D eigenvalue weighted by molar-refractivity contribution is -0.0980. The molecule has 194 valence electrons. The fraction of sp³-hybridized carbons (Fsp3) is 0.700. The van der Waals surface area contributed by atoms with Crippen molar-refractivity contribution < 1.29 is 10.3 Å². The van der Waals surface area contributed by atoms with E-state index in [4.69, 9.17) is 10.5 Å². The minimum absolute atomic E-state index is 0. The Labute approximate surface area is 207 Å². The molecule has 3 nitrogen and oxygen atoms in total. The second-order valence-corrected chi connectivity index (χ2v) is 10.6. The number of allylic oxidation sites excluding steroid dienone is 6. The Morgan fingerprint density at radius 1 is 1.12 bits per heavy atom. The summed E-state index contributed by atoms with van der Waals surface area (Å²) in [4.78, 5) is 8.00. The summed E-state index contributed by atoms with van der Waals surface area (Å²) >= 11 is 0. The predicted octanol–water partition coefficient (Wildman–Crippen LogP) is 7.73. The van der Waals surface area contributed by atoms with Crippen LogP contribution in [-0.2, 0) is 4.79 Å². The molecule has 4 N–H and O–H groups in total. The standard InChI is InChI=1S/C21H34.C7H15N.CH2O.CH4.H2O/c1-7-9-11-19(10-8-2)20-15-14-18(13-12-17(3)4)16-21(20,5)6;1-6-5-7(6)3-2-4-8;1-2;;/h7-11,17-18,20H,1-2,12-16H2,3-6H3;6-7H,2-5,8H2,1H3;1H2;1H4;1H2/b11-9-,19-10+;;;;/t;6-,7?;;;/m.0.../s1. The van der Waals surface area contributed by atoms with Gasteiger partial charge >= 0.3 is 0 Å². The van der Waals surface area contributed by atoms with Crippen LogP contribution >= 0.6 is 0 Å². The van der Waals surface area contributed by atoms with Gasteiger partial charge in [0.05, 0.1) is 0 Å². The highest BCUT2D eigenvalue weighted by Gasteiger charge is 2.37. The molecule has 4 atom stereocenters. The highest BCUT2D eigenvalue weighted by molar-refractivity contribution is 5.29. The third-order valence-corrected chi connectivity index (χ3v) is 6.97. The summed E-state index contributed by atoms with van der Waals surface area (Å²) in [6.45, 7) is 22.4. The first kappa shape index (κ1) is 36.1. The summed E-state index contributed by atoms with van der Waals surface area (Å²) in [6, 6.07) is 0. The van der Waals surface area contributed by atoms with Crippen molar-refractivity contribution >= 4 is 6.79 Å². The van der Waals surface area contributed by atoms with Gasteiger partial charge in [-0.1, -0.05) is 98.4 Å². The molecule has 3 unspecified atom stereocenters. The molecular weight excluding hydrogens is 406 g/mol. The molecule has 2 saturated carbocycles. The predicted molar refractivity (Wildman–Crippen MR) is 149 cm³/mol.